The van der Waals surface area contributed by atoms with Gasteiger partial charge in [0, 0.05) is 23.7 Å². The van der Waals surface area contributed by atoms with Gasteiger partial charge in [-0.1, -0.05) is 0 Å². The van der Waals surface area contributed by atoms with Crippen LogP contribution >= 0.6 is 27.3 Å². The van der Waals surface area contributed by atoms with Crippen LogP contribution in [0.2, 0.25) is 0 Å². The van der Waals surface area contributed by atoms with Crippen LogP contribution in [0, 0.1) is 0 Å². The van der Waals surface area contributed by atoms with Crippen LogP contribution in [0.1, 0.15) is 4.88 Å². The first-order chi connectivity index (χ1) is 12.2. The Morgan fingerprint density at radius 2 is 2.00 bits per heavy atom. The molecule has 5 nitrogen and oxygen atoms in total. The van der Waals surface area contributed by atoms with Gasteiger partial charge < -0.3 is 19.7 Å². The third-order valence-corrected chi connectivity index (χ3v) is 4.78. The smallest absolute Gasteiger partial charge is 0.422 e. The predicted octanol–water partition coefficient (Wildman–Crippen LogP) is 5.12. The summed E-state index contributed by atoms with van der Waals surface area (Å²) in [5, 5.41) is 2.62. The molecule has 1 N–H and O–H groups in total. The lowest BCUT2D eigenvalue weighted by Gasteiger charge is -2.18. The van der Waals surface area contributed by atoms with Gasteiger partial charge in [0.2, 0.25) is 0 Å². The Bertz CT molecular complexity index is 767. The van der Waals surface area contributed by atoms with Crippen LogP contribution in [-0.4, -0.2) is 37.9 Å². The number of anilines is 1. The number of urea groups is 1. The van der Waals surface area contributed by atoms with Crippen molar-refractivity contribution in [1.82, 2.24) is 4.90 Å². The second-order valence-corrected chi connectivity index (χ2v) is 7.81. The number of rotatable bonds is 6. The molecule has 1 aromatic carbocycles. The van der Waals surface area contributed by atoms with E-state index >= 15 is 0 Å². The largest absolute Gasteiger partial charge is 0.493 e. The quantitative estimate of drug-likeness (QED) is 0.661. The van der Waals surface area contributed by atoms with E-state index < -0.39 is 18.8 Å². The topological polar surface area (TPSA) is 50.8 Å². The van der Waals surface area contributed by atoms with Crippen molar-refractivity contribution in [2.45, 2.75) is 12.7 Å². The summed E-state index contributed by atoms with van der Waals surface area (Å²) in [4.78, 5) is 14.7. The zero-order valence-electron chi connectivity index (χ0n) is 13.9. The van der Waals surface area contributed by atoms with Gasteiger partial charge in [0.1, 0.15) is 0 Å². The van der Waals surface area contributed by atoms with Crippen molar-refractivity contribution < 1.29 is 27.4 Å². The second-order valence-electron chi connectivity index (χ2n) is 5.26. The van der Waals surface area contributed by atoms with Gasteiger partial charge in [0.05, 0.1) is 17.4 Å². The van der Waals surface area contributed by atoms with Crippen molar-refractivity contribution in [3.63, 3.8) is 0 Å². The Morgan fingerprint density at radius 3 is 2.58 bits per heavy atom. The molecule has 1 heterocycles. The molecule has 0 saturated carbocycles. The monoisotopic (exact) mass is 452 g/mol. The van der Waals surface area contributed by atoms with Crippen molar-refractivity contribution in [3.05, 3.63) is 39.0 Å². The number of ether oxygens (including phenoxy) is 2. The van der Waals surface area contributed by atoms with Crippen molar-refractivity contribution >= 4 is 39.0 Å². The van der Waals surface area contributed by atoms with Crippen LogP contribution in [0.3, 0.4) is 0 Å². The van der Waals surface area contributed by atoms with E-state index in [4.69, 9.17) is 9.47 Å². The minimum atomic E-state index is -4.47. The number of nitrogens with zero attached hydrogens (tertiary/aromatic N) is 1. The molecule has 2 aromatic rings. The number of alkyl halides is 3. The first-order valence-electron chi connectivity index (χ1n) is 7.32. The molecule has 0 aliphatic rings. The van der Waals surface area contributed by atoms with Crippen LogP contribution in [0.25, 0.3) is 0 Å². The number of amides is 2. The van der Waals surface area contributed by atoms with Crippen molar-refractivity contribution in [2.24, 2.45) is 0 Å². The second kappa shape index (κ2) is 8.63. The molecular weight excluding hydrogens is 437 g/mol. The molecule has 0 bridgehead atoms. The highest BCUT2D eigenvalue weighted by molar-refractivity contribution is 9.11. The fourth-order valence-electron chi connectivity index (χ4n) is 1.99. The lowest BCUT2D eigenvalue weighted by Crippen LogP contribution is -2.30. The number of benzene rings is 1. The lowest BCUT2D eigenvalue weighted by atomic mass is 10.2. The fourth-order valence-corrected chi connectivity index (χ4v) is 3.52. The minimum absolute atomic E-state index is 0.104. The summed E-state index contributed by atoms with van der Waals surface area (Å²) in [5.74, 6) is 0.0384. The SMILES string of the molecule is COc1ccc(NC(=O)N(C)Cc2ccc(Br)s2)cc1OCC(F)(F)F. The molecular formula is C16H16BrF3N2O3S. The number of carbonyl (C=O) groups excluding carboxylic acids is 1. The number of nitrogens with one attached hydrogen (secondary N) is 1. The average Bonchev–Trinajstić information content (AvgIpc) is 2.97. The Balaban J connectivity index is 2.04. The summed E-state index contributed by atoms with van der Waals surface area (Å²) in [7, 11) is 2.94. The van der Waals surface area contributed by atoms with Crippen LogP contribution < -0.4 is 14.8 Å². The molecule has 26 heavy (non-hydrogen) atoms. The van der Waals surface area contributed by atoms with E-state index in [1.165, 1.54) is 41.5 Å². The van der Waals surface area contributed by atoms with Crippen molar-refractivity contribution in [2.75, 3.05) is 26.1 Å². The Morgan fingerprint density at radius 1 is 1.27 bits per heavy atom. The van der Waals surface area contributed by atoms with Crippen molar-refractivity contribution in [3.8, 4) is 11.5 Å². The molecule has 10 heteroatoms. The average molecular weight is 453 g/mol. The summed E-state index contributed by atoms with van der Waals surface area (Å²) >= 11 is 4.86. The molecule has 0 unspecified atom stereocenters. The maximum absolute atomic E-state index is 12.4. The third-order valence-electron chi connectivity index (χ3n) is 3.17. The summed E-state index contributed by atoms with van der Waals surface area (Å²) in [6, 6.07) is 7.62. The molecule has 0 fully saturated rings. The van der Waals surface area contributed by atoms with Gasteiger partial charge in [-0.15, -0.1) is 11.3 Å². The zero-order valence-corrected chi connectivity index (χ0v) is 16.3. The van der Waals surface area contributed by atoms with E-state index in [-0.39, 0.29) is 11.5 Å². The van der Waals surface area contributed by atoms with E-state index in [0.717, 1.165) is 8.66 Å². The molecule has 142 valence electrons. The third kappa shape index (κ3) is 6.10. The fraction of sp³-hybridized carbons (Fsp3) is 0.312. The molecule has 2 rings (SSSR count). The summed E-state index contributed by atoms with van der Waals surface area (Å²) < 4.78 is 47.8. The van der Waals surface area contributed by atoms with Gasteiger partial charge in [-0.25, -0.2) is 4.79 Å². The summed E-state index contributed by atoms with van der Waals surface area (Å²) in [5.41, 5.74) is 0.298. The lowest BCUT2D eigenvalue weighted by molar-refractivity contribution is -0.153. The molecule has 0 spiro atoms. The van der Waals surface area contributed by atoms with Gasteiger partial charge in [0.25, 0.3) is 0 Å². The zero-order chi connectivity index (χ0) is 19.3. The van der Waals surface area contributed by atoms with Crippen LogP contribution in [0.15, 0.2) is 34.1 Å². The van der Waals surface area contributed by atoms with Crippen molar-refractivity contribution in [1.29, 1.82) is 0 Å². The first-order valence-corrected chi connectivity index (χ1v) is 8.93. The number of halogens is 4. The molecule has 0 saturated heterocycles. The number of methoxy groups -OCH3 is 1. The standard InChI is InChI=1S/C16H16BrF3N2O3S/c1-22(8-11-4-6-14(17)26-11)15(23)21-10-3-5-12(24-2)13(7-10)25-9-16(18,19)20/h3-7H,8-9H2,1-2H3,(H,21,23). The molecule has 0 aliphatic heterocycles. The van der Waals surface area contributed by atoms with E-state index in [2.05, 4.69) is 21.2 Å². The van der Waals surface area contributed by atoms with Crippen LogP contribution in [-0.2, 0) is 6.54 Å². The Labute approximate surface area is 160 Å². The van der Waals surface area contributed by atoms with Gasteiger partial charge >= 0.3 is 12.2 Å². The van der Waals surface area contributed by atoms with Crippen LogP contribution in [0.5, 0.6) is 11.5 Å². The Kier molecular flexibility index (Phi) is 6.76. The van der Waals surface area contributed by atoms with Gasteiger partial charge in [-0.05, 0) is 40.2 Å². The maximum Gasteiger partial charge on any atom is 0.422 e. The highest BCUT2D eigenvalue weighted by Gasteiger charge is 2.29. The van der Waals surface area contributed by atoms with Gasteiger partial charge in [-0.2, -0.15) is 13.2 Å². The number of hydrogen-bond acceptors (Lipinski definition) is 4. The highest BCUT2D eigenvalue weighted by atomic mass is 79.9. The molecule has 0 atom stereocenters. The number of thiophene rings is 1. The van der Waals surface area contributed by atoms with E-state index in [1.54, 1.807) is 7.05 Å². The minimum Gasteiger partial charge on any atom is -0.493 e. The molecule has 0 aliphatic carbocycles. The first kappa shape index (κ1) is 20.4. The maximum atomic E-state index is 12.4. The Hall–Kier alpha value is -1.94. The molecule has 1 aromatic heterocycles. The van der Waals surface area contributed by atoms with Gasteiger partial charge in [-0.3, -0.25) is 0 Å². The van der Waals surface area contributed by atoms with Crippen LogP contribution in [0.4, 0.5) is 23.7 Å². The number of carbonyl (C=O) groups is 1. The summed E-state index contributed by atoms with van der Waals surface area (Å²) in [6.45, 7) is -1.05. The summed E-state index contributed by atoms with van der Waals surface area (Å²) in [6.07, 6.45) is -4.47. The molecule has 2 amide bonds. The van der Waals surface area contributed by atoms with E-state index in [9.17, 15) is 18.0 Å². The highest BCUT2D eigenvalue weighted by Crippen LogP contribution is 2.32. The number of hydrogen-bond donors (Lipinski definition) is 1. The van der Waals surface area contributed by atoms with E-state index in [1.807, 2.05) is 12.1 Å². The normalized spacial score (nSPS) is 11.2. The molecule has 0 radical (unpaired) electrons. The predicted molar refractivity (Wildman–Crippen MR) is 97.0 cm³/mol. The van der Waals surface area contributed by atoms with Gasteiger partial charge in [0.15, 0.2) is 18.1 Å². The van der Waals surface area contributed by atoms with E-state index in [0.29, 0.717) is 12.2 Å².